The highest BCUT2D eigenvalue weighted by Gasteiger charge is 2.35. The molecule has 1 aliphatic heterocycles. The van der Waals surface area contributed by atoms with Gasteiger partial charge in [-0.3, -0.25) is 9.48 Å². The van der Waals surface area contributed by atoms with Gasteiger partial charge in [-0.15, -0.1) is 0 Å². The van der Waals surface area contributed by atoms with E-state index in [4.69, 9.17) is 17.3 Å². The van der Waals surface area contributed by atoms with Crippen molar-refractivity contribution in [2.75, 3.05) is 13.1 Å². The topological polar surface area (TPSA) is 64.2 Å². The molecule has 2 N–H and O–H groups in total. The van der Waals surface area contributed by atoms with Crippen LogP contribution >= 0.6 is 11.6 Å². The average molecular weight is 347 g/mol. The number of aromatic nitrogens is 2. The summed E-state index contributed by atoms with van der Waals surface area (Å²) in [6.45, 7) is 6.13. The molecule has 0 aliphatic carbocycles. The van der Waals surface area contributed by atoms with Gasteiger partial charge in [0.1, 0.15) is 0 Å². The van der Waals surface area contributed by atoms with Crippen molar-refractivity contribution in [3.8, 4) is 0 Å². The third kappa shape index (κ3) is 3.47. The number of hydrogen-bond acceptors (Lipinski definition) is 3. The Labute approximate surface area is 147 Å². The number of hydrogen-bond donors (Lipinski definition) is 1. The van der Waals surface area contributed by atoms with Gasteiger partial charge in [0.05, 0.1) is 18.3 Å². The van der Waals surface area contributed by atoms with Crippen molar-refractivity contribution in [1.82, 2.24) is 14.7 Å². The van der Waals surface area contributed by atoms with Gasteiger partial charge in [-0.2, -0.15) is 5.10 Å². The van der Waals surface area contributed by atoms with E-state index in [1.807, 2.05) is 29.2 Å². The highest BCUT2D eigenvalue weighted by molar-refractivity contribution is 6.31. The minimum atomic E-state index is -0.0680. The number of nitrogens with zero attached hydrogens (tertiary/aromatic N) is 3. The fraction of sp³-hybridized carbons (Fsp3) is 0.444. The van der Waals surface area contributed by atoms with Crippen LogP contribution in [0.1, 0.15) is 36.2 Å². The first-order valence-electron chi connectivity index (χ1n) is 8.17. The van der Waals surface area contributed by atoms with Crippen LogP contribution in [0.3, 0.4) is 0 Å². The zero-order valence-corrected chi connectivity index (χ0v) is 14.8. The molecule has 6 heteroatoms. The van der Waals surface area contributed by atoms with E-state index in [-0.39, 0.29) is 17.4 Å². The van der Waals surface area contributed by atoms with Crippen molar-refractivity contribution in [2.24, 2.45) is 11.1 Å². The molecule has 1 fully saturated rings. The molecule has 128 valence electrons. The standard InChI is InChI=1S/C18H23ClN4O/c1-18(2)12-22(8-7-16(18)20)17(24)14-9-21-23(11-14)10-13-5-3-4-6-15(13)19/h3-6,9,11,16H,7-8,10,12,20H2,1-2H3. The second-order valence-corrected chi connectivity index (χ2v) is 7.54. The Balaban J connectivity index is 1.71. The van der Waals surface area contributed by atoms with E-state index in [1.165, 1.54) is 0 Å². The molecule has 1 unspecified atom stereocenters. The van der Waals surface area contributed by atoms with E-state index in [9.17, 15) is 4.79 Å². The average Bonchev–Trinajstić information content (AvgIpc) is 3.00. The van der Waals surface area contributed by atoms with Gasteiger partial charge in [-0.1, -0.05) is 43.6 Å². The number of carbonyl (C=O) groups is 1. The van der Waals surface area contributed by atoms with Crippen LogP contribution in [0, 0.1) is 5.41 Å². The Morgan fingerprint density at radius 1 is 1.42 bits per heavy atom. The van der Waals surface area contributed by atoms with Crippen LogP contribution < -0.4 is 5.73 Å². The molecule has 0 radical (unpaired) electrons. The van der Waals surface area contributed by atoms with Crippen molar-refractivity contribution in [3.63, 3.8) is 0 Å². The summed E-state index contributed by atoms with van der Waals surface area (Å²) < 4.78 is 1.75. The van der Waals surface area contributed by atoms with E-state index in [0.29, 0.717) is 30.2 Å². The summed E-state index contributed by atoms with van der Waals surface area (Å²) in [7, 11) is 0. The first-order chi connectivity index (χ1) is 11.4. The SMILES string of the molecule is CC1(C)CN(C(=O)c2cnn(Cc3ccccc3Cl)c2)CCC1N. The number of nitrogens with two attached hydrogens (primary N) is 1. The summed E-state index contributed by atoms with van der Waals surface area (Å²) in [6, 6.07) is 7.78. The molecular formula is C18H23ClN4O. The Morgan fingerprint density at radius 3 is 2.88 bits per heavy atom. The summed E-state index contributed by atoms with van der Waals surface area (Å²) in [5, 5.41) is 5.01. The first-order valence-corrected chi connectivity index (χ1v) is 8.55. The monoisotopic (exact) mass is 346 g/mol. The van der Waals surface area contributed by atoms with Crippen molar-refractivity contribution >= 4 is 17.5 Å². The summed E-state index contributed by atoms with van der Waals surface area (Å²) in [6.07, 6.45) is 4.24. The third-order valence-electron chi connectivity index (χ3n) is 4.77. The third-order valence-corrected chi connectivity index (χ3v) is 5.14. The zero-order valence-electron chi connectivity index (χ0n) is 14.1. The number of amides is 1. The second kappa shape index (κ2) is 6.57. The van der Waals surface area contributed by atoms with Gasteiger partial charge in [0.15, 0.2) is 0 Å². The lowest BCUT2D eigenvalue weighted by Gasteiger charge is -2.42. The molecule has 0 spiro atoms. The minimum absolute atomic E-state index is 0.0142. The van der Waals surface area contributed by atoms with Crippen LogP contribution in [0.4, 0.5) is 0 Å². The molecule has 1 aliphatic rings. The molecule has 0 saturated carbocycles. The van der Waals surface area contributed by atoms with Crippen molar-refractivity contribution < 1.29 is 4.79 Å². The fourth-order valence-corrected chi connectivity index (χ4v) is 3.29. The Kier molecular flexibility index (Phi) is 4.65. The maximum atomic E-state index is 12.7. The summed E-state index contributed by atoms with van der Waals surface area (Å²) in [5.74, 6) is 0.0142. The molecular weight excluding hydrogens is 324 g/mol. The molecule has 2 aromatic rings. The highest BCUT2D eigenvalue weighted by Crippen LogP contribution is 2.28. The predicted octanol–water partition coefficient (Wildman–Crippen LogP) is 2.78. The largest absolute Gasteiger partial charge is 0.338 e. The minimum Gasteiger partial charge on any atom is -0.338 e. The van der Waals surface area contributed by atoms with Crippen molar-refractivity contribution in [1.29, 1.82) is 0 Å². The Hall–Kier alpha value is -1.85. The molecule has 1 aromatic carbocycles. The van der Waals surface area contributed by atoms with Gasteiger partial charge in [-0.25, -0.2) is 0 Å². The van der Waals surface area contributed by atoms with Crippen molar-refractivity contribution in [3.05, 3.63) is 52.8 Å². The van der Waals surface area contributed by atoms with E-state index >= 15 is 0 Å². The number of halogens is 1. The van der Waals surface area contributed by atoms with E-state index in [1.54, 1.807) is 17.1 Å². The van der Waals surface area contributed by atoms with Crippen LogP contribution in [0.15, 0.2) is 36.7 Å². The van der Waals surface area contributed by atoms with Crippen LogP contribution in [0.5, 0.6) is 0 Å². The maximum absolute atomic E-state index is 12.7. The van der Waals surface area contributed by atoms with Crippen LogP contribution in [0.2, 0.25) is 5.02 Å². The zero-order chi connectivity index (χ0) is 17.3. The van der Waals surface area contributed by atoms with Gasteiger partial charge in [-0.05, 0) is 23.5 Å². The van der Waals surface area contributed by atoms with Gasteiger partial charge in [0.2, 0.25) is 0 Å². The number of benzene rings is 1. The molecule has 1 amide bonds. The molecule has 3 rings (SSSR count). The normalized spacial score (nSPS) is 20.2. The molecule has 1 atom stereocenters. The van der Waals surface area contributed by atoms with Gasteiger partial charge >= 0.3 is 0 Å². The lowest BCUT2D eigenvalue weighted by atomic mass is 9.79. The van der Waals surface area contributed by atoms with Crippen LogP contribution in [0.25, 0.3) is 0 Å². The van der Waals surface area contributed by atoms with E-state index < -0.39 is 0 Å². The van der Waals surface area contributed by atoms with E-state index in [0.717, 1.165) is 12.0 Å². The molecule has 1 saturated heterocycles. The Bertz CT molecular complexity index is 740. The Morgan fingerprint density at radius 2 is 2.17 bits per heavy atom. The lowest BCUT2D eigenvalue weighted by molar-refractivity contribution is 0.0533. The maximum Gasteiger partial charge on any atom is 0.257 e. The van der Waals surface area contributed by atoms with Gasteiger partial charge < -0.3 is 10.6 Å². The number of likely N-dealkylation sites (tertiary alicyclic amines) is 1. The number of piperidine rings is 1. The van der Waals surface area contributed by atoms with Crippen LogP contribution in [-0.2, 0) is 6.54 Å². The molecule has 1 aromatic heterocycles. The summed E-state index contributed by atoms with van der Waals surface area (Å²) in [4.78, 5) is 14.6. The van der Waals surface area contributed by atoms with Gasteiger partial charge in [0.25, 0.3) is 5.91 Å². The lowest BCUT2D eigenvalue weighted by Crippen LogP contribution is -2.53. The fourth-order valence-electron chi connectivity index (χ4n) is 3.09. The summed E-state index contributed by atoms with van der Waals surface area (Å²) in [5.41, 5.74) is 7.67. The van der Waals surface area contributed by atoms with Crippen molar-refractivity contribution in [2.45, 2.75) is 32.9 Å². The molecule has 5 nitrogen and oxygen atoms in total. The van der Waals surface area contributed by atoms with E-state index in [2.05, 4.69) is 18.9 Å². The summed E-state index contributed by atoms with van der Waals surface area (Å²) >= 11 is 6.18. The molecule has 0 bridgehead atoms. The predicted molar refractivity (Wildman–Crippen MR) is 95.1 cm³/mol. The molecule has 24 heavy (non-hydrogen) atoms. The highest BCUT2D eigenvalue weighted by atomic mass is 35.5. The number of carbonyl (C=O) groups excluding carboxylic acids is 1. The second-order valence-electron chi connectivity index (χ2n) is 7.13. The first kappa shape index (κ1) is 17.0. The quantitative estimate of drug-likeness (QED) is 0.929. The number of rotatable bonds is 3. The van der Waals surface area contributed by atoms with Gasteiger partial charge in [0, 0.05) is 30.4 Å². The smallest absolute Gasteiger partial charge is 0.257 e. The van der Waals surface area contributed by atoms with Crippen LogP contribution in [-0.4, -0.2) is 39.7 Å². The molecule has 2 heterocycles.